The molecule has 0 radical (unpaired) electrons. The van der Waals surface area contributed by atoms with Gasteiger partial charge in [0.05, 0.1) is 52.9 Å². The van der Waals surface area contributed by atoms with Crippen LogP contribution in [0.4, 0.5) is 17.6 Å². The van der Waals surface area contributed by atoms with Crippen molar-refractivity contribution in [1.82, 2.24) is 28.7 Å². The Hall–Kier alpha value is -4.09. The van der Waals surface area contributed by atoms with Gasteiger partial charge in [-0.15, -0.1) is 49.2 Å². The minimum Gasteiger partial charge on any atom is -0.383 e. The summed E-state index contributed by atoms with van der Waals surface area (Å²) >= 11 is 0. The first-order valence-corrected chi connectivity index (χ1v) is 25.5. The fraction of sp³-hybridized carbons (Fsp3) is 0.517. The molecule has 0 N–H and O–H groups in total. The van der Waals surface area contributed by atoms with Gasteiger partial charge in [-0.05, 0) is 35.6 Å². The average molecular weight is 1120 g/mol. The Kier molecular flexibility index (Phi) is 38.4. The monoisotopic (exact) mass is 1110 g/mol. The Morgan fingerprint density at radius 1 is 0.390 bits per heavy atom. The van der Waals surface area contributed by atoms with Crippen LogP contribution in [0.3, 0.4) is 0 Å². The van der Waals surface area contributed by atoms with Crippen LogP contribution in [0.2, 0.25) is 0 Å². The number of rotatable bonds is 34. The van der Waals surface area contributed by atoms with Crippen LogP contribution in [0.25, 0.3) is 11.4 Å². The number of benzene rings is 2. The molecular weight excluding hydrogens is 1030 g/mol. The molecule has 0 bridgehead atoms. The Balaban J connectivity index is 0.000000438. The van der Waals surface area contributed by atoms with E-state index in [-0.39, 0.29) is 33.1 Å². The molecule has 77 heavy (non-hydrogen) atoms. The van der Waals surface area contributed by atoms with Crippen LogP contribution < -0.4 is 0 Å². The van der Waals surface area contributed by atoms with Gasteiger partial charge in [-0.25, -0.2) is 41.9 Å². The number of ether oxygens (including phenoxy) is 8. The molecule has 2 aromatic carbocycles. The van der Waals surface area contributed by atoms with Crippen molar-refractivity contribution in [2.75, 3.05) is 162 Å². The number of allylic oxidation sites excluding steroid dienone is 8. The predicted molar refractivity (Wildman–Crippen MR) is 288 cm³/mol. The van der Waals surface area contributed by atoms with Gasteiger partial charge in [0.25, 0.3) is 0 Å². The second-order valence-corrected chi connectivity index (χ2v) is 17.4. The van der Waals surface area contributed by atoms with Gasteiger partial charge in [0.1, 0.15) is 0 Å². The number of aromatic nitrogens is 2. The van der Waals surface area contributed by atoms with Crippen LogP contribution in [0.5, 0.6) is 0 Å². The van der Waals surface area contributed by atoms with Crippen molar-refractivity contribution in [2.24, 2.45) is 0 Å². The SMILES string of the molecule is COCCN(CCOC)Cc1ccc(CN(CCOC)CCOC)n1-c1ccc(F)[c-]c1F.COCCN(CCOC)Cc1ccc(CN(CCOC)CCOC)n1-c1ccc(F)[c-]c1F.[C-]1=CC=CC1.[C-]1=CC=CC1.[Ti+4]. The van der Waals surface area contributed by atoms with E-state index in [0.29, 0.717) is 131 Å². The van der Waals surface area contributed by atoms with E-state index in [1.165, 1.54) is 24.3 Å². The summed E-state index contributed by atoms with van der Waals surface area (Å²) in [5.74, 6) is -2.91. The summed E-state index contributed by atoms with van der Waals surface area (Å²) in [6, 6.07) is 17.6. The first-order valence-electron chi connectivity index (χ1n) is 25.5. The van der Waals surface area contributed by atoms with Crippen molar-refractivity contribution in [2.45, 2.75) is 39.0 Å². The van der Waals surface area contributed by atoms with Crippen molar-refractivity contribution < 1.29 is 77.2 Å². The first-order chi connectivity index (χ1) is 37.1. The van der Waals surface area contributed by atoms with E-state index < -0.39 is 23.3 Å². The molecular formula is C58H82F4N6O8Ti. The molecule has 14 nitrogen and oxygen atoms in total. The first kappa shape index (κ1) is 69.0. The Morgan fingerprint density at radius 3 is 0.805 bits per heavy atom. The molecule has 6 rings (SSSR count). The smallest absolute Gasteiger partial charge is 0.383 e. The maximum absolute atomic E-state index is 14.8. The van der Waals surface area contributed by atoms with Gasteiger partial charge in [0.15, 0.2) is 0 Å². The summed E-state index contributed by atoms with van der Waals surface area (Å²) in [5, 5.41) is 0. The van der Waals surface area contributed by atoms with Crippen molar-refractivity contribution in [3.8, 4) is 11.4 Å². The van der Waals surface area contributed by atoms with Gasteiger partial charge >= 0.3 is 21.7 Å². The maximum atomic E-state index is 14.8. The molecule has 2 aliphatic carbocycles. The zero-order valence-corrected chi connectivity index (χ0v) is 48.2. The molecule has 0 saturated carbocycles. The van der Waals surface area contributed by atoms with Gasteiger partial charge in [-0.1, -0.05) is 0 Å². The molecule has 424 valence electrons. The normalized spacial score (nSPS) is 12.4. The third kappa shape index (κ3) is 27.1. The van der Waals surface area contributed by atoms with E-state index in [2.05, 4.69) is 56.0 Å². The zero-order valence-electron chi connectivity index (χ0n) is 46.6. The Bertz CT molecular complexity index is 1990. The predicted octanol–water partition coefficient (Wildman–Crippen LogP) is 8.10. The summed E-state index contributed by atoms with van der Waals surface area (Å²) in [7, 11) is 13.3. The molecule has 2 aromatic heterocycles. The fourth-order valence-electron chi connectivity index (χ4n) is 7.82. The fourth-order valence-corrected chi connectivity index (χ4v) is 7.82. The molecule has 19 heteroatoms. The molecule has 2 heterocycles. The van der Waals surface area contributed by atoms with E-state index in [1.54, 1.807) is 56.9 Å². The van der Waals surface area contributed by atoms with Crippen molar-refractivity contribution in [1.29, 1.82) is 0 Å². The van der Waals surface area contributed by atoms with E-state index in [4.69, 9.17) is 37.9 Å². The standard InChI is InChI=1S/2C24H36F2N3O4.2C5H5.Ti/c2*1-30-13-9-27(10-14-31-2)18-21-6-7-22(19-28(11-15-32-3)12-16-33-4)29(21)24-8-5-20(25)17-23(24)26;2*1-2-4-5-3-1;/h2*5-8H,9-16,18-19H2,1-4H3;2*1-3H,4H2;/q4*-1;+4. The van der Waals surface area contributed by atoms with Crippen molar-refractivity contribution >= 4 is 0 Å². The van der Waals surface area contributed by atoms with E-state index in [0.717, 1.165) is 35.6 Å². The third-order valence-corrected chi connectivity index (χ3v) is 11.9. The zero-order chi connectivity index (χ0) is 55.2. The topological polar surface area (TPSA) is 96.7 Å². The van der Waals surface area contributed by atoms with Crippen molar-refractivity contribution in [3.05, 3.63) is 155 Å². The summed E-state index contributed by atoms with van der Waals surface area (Å²) < 4.78 is 103. The maximum Gasteiger partial charge on any atom is 4.00 e. The van der Waals surface area contributed by atoms with Crippen LogP contribution in [-0.4, -0.2) is 191 Å². The number of halogens is 4. The average Bonchev–Trinajstić information content (AvgIpc) is 4.30. The van der Waals surface area contributed by atoms with Gasteiger partial charge in [0.2, 0.25) is 0 Å². The largest absolute Gasteiger partial charge is 4.00 e. The number of hydrogen-bond acceptors (Lipinski definition) is 12. The Labute approximate surface area is 471 Å². The van der Waals surface area contributed by atoms with Crippen LogP contribution >= 0.6 is 0 Å². The number of nitrogens with zero attached hydrogens (tertiary/aromatic N) is 6. The summed E-state index contributed by atoms with van der Waals surface area (Å²) in [4.78, 5) is 8.73. The minimum atomic E-state index is -0.727. The summed E-state index contributed by atoms with van der Waals surface area (Å²) in [6.07, 6.45) is 20.0. The second-order valence-electron chi connectivity index (χ2n) is 17.4. The molecule has 0 unspecified atom stereocenters. The van der Waals surface area contributed by atoms with E-state index >= 15 is 0 Å². The quantitative estimate of drug-likeness (QED) is 0.0257. The molecule has 4 aromatic rings. The summed E-state index contributed by atoms with van der Waals surface area (Å²) in [5.41, 5.74) is 4.07. The molecule has 0 aliphatic heterocycles. The molecule has 0 saturated heterocycles. The van der Waals surface area contributed by atoms with Gasteiger partial charge in [-0.2, -0.15) is 12.2 Å². The molecule has 0 atom stereocenters. The Morgan fingerprint density at radius 2 is 0.636 bits per heavy atom. The van der Waals surface area contributed by atoms with Crippen LogP contribution in [-0.2, 0) is 85.8 Å². The van der Waals surface area contributed by atoms with Crippen LogP contribution in [0.15, 0.2) is 85.0 Å². The van der Waals surface area contributed by atoms with Gasteiger partial charge in [0, 0.05) is 181 Å². The molecule has 0 spiro atoms. The van der Waals surface area contributed by atoms with E-state index in [9.17, 15) is 17.6 Å². The van der Waals surface area contributed by atoms with Gasteiger partial charge < -0.3 is 47.0 Å². The van der Waals surface area contributed by atoms with Crippen molar-refractivity contribution in [3.63, 3.8) is 0 Å². The second kappa shape index (κ2) is 42.8. The molecule has 2 aliphatic rings. The number of methoxy groups -OCH3 is 8. The van der Waals surface area contributed by atoms with Crippen LogP contribution in [0.1, 0.15) is 35.6 Å². The number of hydrogen-bond donors (Lipinski definition) is 0. The van der Waals surface area contributed by atoms with Crippen LogP contribution in [0, 0.1) is 47.6 Å². The molecule has 0 amide bonds. The summed E-state index contributed by atoms with van der Waals surface area (Å²) in [6.45, 7) is 12.4. The molecule has 0 fully saturated rings. The third-order valence-electron chi connectivity index (χ3n) is 11.9. The minimum absolute atomic E-state index is 0. The van der Waals surface area contributed by atoms with E-state index in [1.807, 2.05) is 57.7 Å². The van der Waals surface area contributed by atoms with Gasteiger partial charge in [-0.3, -0.25) is 31.8 Å².